The van der Waals surface area contributed by atoms with E-state index in [1.54, 1.807) is 12.1 Å². The quantitative estimate of drug-likeness (QED) is 0.447. The fraction of sp³-hybridized carbons (Fsp3) is 0.611. The smallest absolute Gasteiger partial charge is 0.293 e. The van der Waals surface area contributed by atoms with Crippen molar-refractivity contribution in [3.8, 4) is 0 Å². The van der Waals surface area contributed by atoms with E-state index in [0.717, 1.165) is 39.0 Å². The number of Topliss-reactive ketones (excluding diaryl/α,β-unsaturated/α-hetero) is 1. The lowest BCUT2D eigenvalue weighted by atomic mass is 10.0. The van der Waals surface area contributed by atoms with Crippen LogP contribution >= 0.6 is 0 Å². The summed E-state index contributed by atoms with van der Waals surface area (Å²) in [5, 5.41) is 11.5. The average Bonchev–Trinajstić information content (AvgIpc) is 2.67. The number of piperidine rings is 1. The summed E-state index contributed by atoms with van der Waals surface area (Å²) in [5.41, 5.74) is 1.11. The maximum Gasteiger partial charge on any atom is 0.293 e. The van der Waals surface area contributed by atoms with E-state index in [2.05, 4.69) is 9.80 Å². The van der Waals surface area contributed by atoms with Crippen LogP contribution in [0.4, 0.5) is 11.4 Å². The van der Waals surface area contributed by atoms with Gasteiger partial charge in [-0.3, -0.25) is 19.8 Å². The number of carbonyl (C=O) groups excluding carboxylic acids is 1. The van der Waals surface area contributed by atoms with Crippen LogP contribution in [0.3, 0.4) is 0 Å². The van der Waals surface area contributed by atoms with Crippen molar-refractivity contribution in [3.05, 3.63) is 33.9 Å². The summed E-state index contributed by atoms with van der Waals surface area (Å²) in [6.45, 7) is 5.41. The van der Waals surface area contributed by atoms with Crippen LogP contribution in [0.25, 0.3) is 0 Å². The van der Waals surface area contributed by atoms with Gasteiger partial charge < -0.3 is 9.64 Å². The van der Waals surface area contributed by atoms with Gasteiger partial charge in [-0.1, -0.05) is 0 Å². The van der Waals surface area contributed by atoms with Crippen molar-refractivity contribution in [3.63, 3.8) is 0 Å². The third kappa shape index (κ3) is 4.55. The fourth-order valence-corrected chi connectivity index (χ4v) is 3.47. The van der Waals surface area contributed by atoms with Crippen molar-refractivity contribution in [1.82, 2.24) is 4.90 Å². The van der Waals surface area contributed by atoms with Crippen LogP contribution in [0, 0.1) is 10.1 Å². The molecule has 1 aromatic carbocycles. The number of ether oxygens (including phenoxy) is 1. The summed E-state index contributed by atoms with van der Waals surface area (Å²) in [4.78, 5) is 27.8. The van der Waals surface area contributed by atoms with Crippen LogP contribution in [-0.4, -0.2) is 61.5 Å². The van der Waals surface area contributed by atoms with Gasteiger partial charge in [0.2, 0.25) is 0 Å². The molecule has 0 aromatic heterocycles. The van der Waals surface area contributed by atoms with Crippen LogP contribution in [0.15, 0.2) is 18.2 Å². The Bertz CT molecular complexity index is 623. The highest BCUT2D eigenvalue weighted by atomic mass is 16.6. The molecule has 2 aliphatic rings. The second kappa shape index (κ2) is 8.40. The zero-order valence-corrected chi connectivity index (χ0v) is 14.5. The number of nitro benzene ring substituents is 1. The molecule has 0 bridgehead atoms. The minimum atomic E-state index is -0.372. The molecule has 0 N–H and O–H groups in total. The number of carbonyl (C=O) groups is 1. The molecule has 0 unspecified atom stereocenters. The van der Waals surface area contributed by atoms with Crippen molar-refractivity contribution in [2.24, 2.45) is 0 Å². The average molecular weight is 347 g/mol. The molecule has 0 spiro atoms. The van der Waals surface area contributed by atoms with Crippen LogP contribution in [-0.2, 0) is 4.74 Å². The molecule has 3 rings (SSSR count). The summed E-state index contributed by atoms with van der Waals surface area (Å²) in [6, 6.07) is 4.93. The standard InChI is InChI=1S/C18H25N3O4/c22-18(6-9-19-10-12-25-13-11-19)15-4-5-16(17(14-15)21(23)24)20-7-2-1-3-8-20/h4-5,14H,1-3,6-13H2. The van der Waals surface area contributed by atoms with Gasteiger partial charge in [-0.05, 0) is 31.4 Å². The van der Waals surface area contributed by atoms with E-state index in [1.807, 2.05) is 0 Å². The fourth-order valence-electron chi connectivity index (χ4n) is 3.47. The van der Waals surface area contributed by atoms with Crippen molar-refractivity contribution in [2.45, 2.75) is 25.7 Å². The molecule has 2 heterocycles. The lowest BCUT2D eigenvalue weighted by molar-refractivity contribution is -0.384. The number of anilines is 1. The number of hydrogen-bond acceptors (Lipinski definition) is 6. The lowest BCUT2D eigenvalue weighted by Gasteiger charge is -2.28. The maximum atomic E-state index is 12.5. The highest BCUT2D eigenvalue weighted by Gasteiger charge is 2.23. The van der Waals surface area contributed by atoms with Crippen LogP contribution in [0.1, 0.15) is 36.0 Å². The molecule has 0 radical (unpaired) electrons. The number of morpholine rings is 1. The monoisotopic (exact) mass is 347 g/mol. The second-order valence-electron chi connectivity index (χ2n) is 6.64. The Labute approximate surface area is 147 Å². The number of hydrogen-bond donors (Lipinski definition) is 0. The van der Waals surface area contributed by atoms with Crippen molar-refractivity contribution in [2.75, 3.05) is 50.8 Å². The van der Waals surface area contributed by atoms with E-state index in [1.165, 1.54) is 12.5 Å². The molecule has 136 valence electrons. The summed E-state index contributed by atoms with van der Waals surface area (Å²) in [6.07, 6.45) is 3.65. The van der Waals surface area contributed by atoms with Crippen molar-refractivity contribution in [1.29, 1.82) is 0 Å². The molecule has 7 heteroatoms. The van der Waals surface area contributed by atoms with Gasteiger partial charge >= 0.3 is 0 Å². The first-order chi connectivity index (χ1) is 12.1. The summed E-state index contributed by atoms with van der Waals surface area (Å²) in [7, 11) is 0. The first-order valence-corrected chi connectivity index (χ1v) is 9.02. The SMILES string of the molecule is O=C(CCN1CCOCC1)c1ccc(N2CCCCC2)c([N+](=O)[O-])c1. The normalized spacial score (nSPS) is 19.0. The molecular formula is C18H25N3O4. The lowest BCUT2D eigenvalue weighted by Crippen LogP contribution is -2.37. The summed E-state index contributed by atoms with van der Waals surface area (Å²) < 4.78 is 5.30. The Morgan fingerprint density at radius 1 is 1.12 bits per heavy atom. The third-order valence-electron chi connectivity index (χ3n) is 4.95. The third-order valence-corrected chi connectivity index (χ3v) is 4.95. The highest BCUT2D eigenvalue weighted by molar-refractivity contribution is 5.97. The number of nitro groups is 1. The zero-order valence-electron chi connectivity index (χ0n) is 14.5. The van der Waals surface area contributed by atoms with Crippen LogP contribution in [0.5, 0.6) is 0 Å². The highest BCUT2D eigenvalue weighted by Crippen LogP contribution is 2.31. The molecule has 2 aliphatic heterocycles. The van der Waals surface area contributed by atoms with E-state index in [-0.39, 0.29) is 16.4 Å². The molecule has 2 saturated heterocycles. The van der Waals surface area contributed by atoms with Gasteiger partial charge in [0.15, 0.2) is 5.78 Å². The van der Waals surface area contributed by atoms with E-state index >= 15 is 0 Å². The molecular weight excluding hydrogens is 322 g/mol. The molecule has 0 aliphatic carbocycles. The molecule has 2 fully saturated rings. The van der Waals surface area contributed by atoms with Crippen molar-refractivity contribution < 1.29 is 14.5 Å². The number of ketones is 1. The first kappa shape index (κ1) is 17.8. The number of nitrogens with zero attached hydrogens (tertiary/aromatic N) is 3. The van der Waals surface area contributed by atoms with Gasteiger partial charge in [0.1, 0.15) is 5.69 Å². The molecule has 7 nitrogen and oxygen atoms in total. The molecule has 25 heavy (non-hydrogen) atoms. The maximum absolute atomic E-state index is 12.5. The molecule has 0 amide bonds. The minimum Gasteiger partial charge on any atom is -0.379 e. The van der Waals surface area contributed by atoms with E-state index in [0.29, 0.717) is 37.4 Å². The Morgan fingerprint density at radius 2 is 1.84 bits per heavy atom. The van der Waals surface area contributed by atoms with E-state index in [4.69, 9.17) is 4.74 Å². The molecule has 1 aromatic rings. The van der Waals surface area contributed by atoms with Gasteiger partial charge in [0, 0.05) is 50.8 Å². The largest absolute Gasteiger partial charge is 0.379 e. The topological polar surface area (TPSA) is 75.9 Å². The zero-order chi connectivity index (χ0) is 17.6. The van der Waals surface area contributed by atoms with Gasteiger partial charge in [0.25, 0.3) is 5.69 Å². The van der Waals surface area contributed by atoms with Gasteiger partial charge in [-0.2, -0.15) is 0 Å². The van der Waals surface area contributed by atoms with Crippen LogP contribution in [0.2, 0.25) is 0 Å². The number of benzene rings is 1. The molecule has 0 atom stereocenters. The van der Waals surface area contributed by atoms with Gasteiger partial charge in [-0.15, -0.1) is 0 Å². The van der Waals surface area contributed by atoms with Gasteiger partial charge in [0.05, 0.1) is 18.1 Å². The molecule has 0 saturated carbocycles. The van der Waals surface area contributed by atoms with Crippen LogP contribution < -0.4 is 4.90 Å². The summed E-state index contributed by atoms with van der Waals surface area (Å²) in [5.74, 6) is -0.0419. The first-order valence-electron chi connectivity index (χ1n) is 9.02. The Hall–Kier alpha value is -1.99. The number of rotatable bonds is 6. The Balaban J connectivity index is 1.69. The minimum absolute atomic E-state index is 0.0409. The van der Waals surface area contributed by atoms with E-state index < -0.39 is 0 Å². The predicted octanol–water partition coefficient (Wildman–Crippen LogP) is 2.49. The van der Waals surface area contributed by atoms with E-state index in [9.17, 15) is 14.9 Å². The second-order valence-corrected chi connectivity index (χ2v) is 6.64. The Morgan fingerprint density at radius 3 is 2.52 bits per heavy atom. The summed E-state index contributed by atoms with van der Waals surface area (Å²) >= 11 is 0. The van der Waals surface area contributed by atoms with Gasteiger partial charge in [-0.25, -0.2) is 0 Å². The van der Waals surface area contributed by atoms with Crippen molar-refractivity contribution >= 4 is 17.2 Å². The Kier molecular flexibility index (Phi) is 5.99. The predicted molar refractivity (Wildman–Crippen MR) is 95.4 cm³/mol.